The van der Waals surface area contributed by atoms with Gasteiger partial charge < -0.3 is 14.9 Å². The van der Waals surface area contributed by atoms with Crippen LogP contribution >= 0.6 is 0 Å². The summed E-state index contributed by atoms with van der Waals surface area (Å²) in [6, 6.07) is 0.346. The van der Waals surface area contributed by atoms with Crippen LogP contribution in [-0.4, -0.2) is 19.1 Å². The molecule has 0 aromatic carbocycles. The van der Waals surface area contributed by atoms with Gasteiger partial charge in [-0.2, -0.15) is 0 Å². The number of nitrogens with zero attached hydrogens (tertiary/aromatic N) is 4. The summed E-state index contributed by atoms with van der Waals surface area (Å²) in [6.45, 7) is 6.31. The number of aryl methyl sites for hydroxylation is 1. The molecule has 0 aliphatic heterocycles. The van der Waals surface area contributed by atoms with E-state index in [-0.39, 0.29) is 0 Å². The fourth-order valence-electron chi connectivity index (χ4n) is 1.96. The minimum atomic E-state index is 0.346. The van der Waals surface area contributed by atoms with Gasteiger partial charge in [0.1, 0.15) is 17.3 Å². The molecule has 0 saturated heterocycles. The Morgan fingerprint density at radius 2 is 2.12 bits per heavy atom. The fourth-order valence-corrected chi connectivity index (χ4v) is 1.96. The Kier molecular flexibility index (Phi) is 2.92. The quantitative estimate of drug-likeness (QED) is 0.882. The maximum atomic E-state index is 6.10. The van der Waals surface area contributed by atoms with Crippen molar-refractivity contribution in [3.8, 4) is 11.4 Å². The summed E-state index contributed by atoms with van der Waals surface area (Å²) in [5.74, 6) is 1.69. The number of nitrogens with two attached hydrogens (primary N) is 1. The van der Waals surface area contributed by atoms with E-state index in [0.29, 0.717) is 11.9 Å². The lowest BCUT2D eigenvalue weighted by molar-refractivity contribution is 0.604. The van der Waals surface area contributed by atoms with Crippen LogP contribution in [0.4, 0.5) is 5.82 Å². The van der Waals surface area contributed by atoms with Crippen LogP contribution in [0.2, 0.25) is 0 Å². The van der Waals surface area contributed by atoms with E-state index in [9.17, 15) is 0 Å². The Hall–Kier alpha value is -1.78. The molecule has 92 valence electrons. The summed E-state index contributed by atoms with van der Waals surface area (Å²) in [5, 5.41) is 0. The normalized spacial score (nSPS) is 11.4. The third-order valence-corrected chi connectivity index (χ3v) is 3.01. The lowest BCUT2D eigenvalue weighted by atomic mass is 10.3. The number of nitrogen functional groups attached to an aromatic ring is 1. The van der Waals surface area contributed by atoms with Gasteiger partial charge in [0.2, 0.25) is 0 Å². The second kappa shape index (κ2) is 4.24. The molecule has 0 atom stereocenters. The van der Waals surface area contributed by atoms with E-state index >= 15 is 0 Å². The molecule has 2 heterocycles. The Morgan fingerprint density at radius 3 is 2.65 bits per heavy atom. The molecule has 5 heteroatoms. The zero-order chi connectivity index (χ0) is 12.6. The molecule has 5 nitrogen and oxygen atoms in total. The molecule has 0 saturated carbocycles. The van der Waals surface area contributed by atoms with E-state index < -0.39 is 0 Å². The zero-order valence-corrected chi connectivity index (χ0v) is 10.8. The van der Waals surface area contributed by atoms with E-state index in [1.807, 2.05) is 24.1 Å². The molecular weight excluding hydrogens is 214 g/mol. The van der Waals surface area contributed by atoms with Gasteiger partial charge in [-0.05, 0) is 13.8 Å². The second-order valence-corrected chi connectivity index (χ2v) is 4.45. The van der Waals surface area contributed by atoms with Gasteiger partial charge in [0, 0.05) is 19.5 Å². The lowest BCUT2D eigenvalue weighted by Crippen LogP contribution is -2.03. The maximum Gasteiger partial charge on any atom is 0.133 e. The van der Waals surface area contributed by atoms with Gasteiger partial charge in [-0.25, -0.2) is 9.97 Å². The summed E-state index contributed by atoms with van der Waals surface area (Å²) >= 11 is 0. The molecule has 0 amide bonds. The minimum absolute atomic E-state index is 0.346. The maximum absolute atomic E-state index is 6.10. The highest BCUT2D eigenvalue weighted by molar-refractivity contribution is 5.68. The van der Waals surface area contributed by atoms with Gasteiger partial charge in [0.15, 0.2) is 0 Å². The van der Waals surface area contributed by atoms with Gasteiger partial charge in [0.05, 0.1) is 18.2 Å². The van der Waals surface area contributed by atoms with Crippen molar-refractivity contribution < 1.29 is 0 Å². The number of anilines is 1. The highest BCUT2D eigenvalue weighted by atomic mass is 15.2. The van der Waals surface area contributed by atoms with Crippen LogP contribution in [0.15, 0.2) is 12.5 Å². The molecule has 2 rings (SSSR count). The SMILES string of the molecule is CCc1nc(-c2cncn2C(C)C)c(N)n1C. The van der Waals surface area contributed by atoms with Crippen molar-refractivity contribution in [3.63, 3.8) is 0 Å². The van der Waals surface area contributed by atoms with Crippen LogP contribution in [-0.2, 0) is 13.5 Å². The first-order valence-corrected chi connectivity index (χ1v) is 5.89. The molecule has 2 aromatic heterocycles. The third-order valence-electron chi connectivity index (χ3n) is 3.01. The number of rotatable bonds is 3. The van der Waals surface area contributed by atoms with E-state index in [1.54, 1.807) is 0 Å². The molecule has 0 aliphatic carbocycles. The Labute approximate surface area is 101 Å². The standard InChI is InChI=1S/C12H19N5/c1-5-10-15-11(12(13)16(10)4)9-6-14-7-17(9)8(2)3/h6-8H,5,13H2,1-4H3. The highest BCUT2D eigenvalue weighted by Gasteiger charge is 2.17. The largest absolute Gasteiger partial charge is 0.383 e. The zero-order valence-electron chi connectivity index (χ0n) is 10.8. The first-order valence-electron chi connectivity index (χ1n) is 5.89. The predicted octanol–water partition coefficient (Wildman–Crippen LogP) is 2.01. The Morgan fingerprint density at radius 1 is 1.41 bits per heavy atom. The number of hydrogen-bond donors (Lipinski definition) is 1. The van der Waals surface area contributed by atoms with Gasteiger partial charge in [-0.1, -0.05) is 6.92 Å². The highest BCUT2D eigenvalue weighted by Crippen LogP contribution is 2.27. The van der Waals surface area contributed by atoms with Gasteiger partial charge in [0.25, 0.3) is 0 Å². The van der Waals surface area contributed by atoms with E-state index in [2.05, 4.69) is 35.3 Å². The Balaban J connectivity index is 2.57. The molecule has 0 radical (unpaired) electrons. The smallest absolute Gasteiger partial charge is 0.133 e. The van der Waals surface area contributed by atoms with Gasteiger partial charge in [-0.15, -0.1) is 0 Å². The number of aromatic nitrogens is 4. The molecule has 2 aromatic rings. The molecule has 0 spiro atoms. The summed E-state index contributed by atoms with van der Waals surface area (Å²) in [6.07, 6.45) is 4.51. The van der Waals surface area contributed by atoms with Crippen molar-refractivity contribution in [3.05, 3.63) is 18.3 Å². The van der Waals surface area contributed by atoms with Crippen LogP contribution in [0.25, 0.3) is 11.4 Å². The average molecular weight is 233 g/mol. The minimum Gasteiger partial charge on any atom is -0.383 e. The number of imidazole rings is 2. The topological polar surface area (TPSA) is 61.7 Å². The van der Waals surface area contributed by atoms with Crippen LogP contribution in [0.1, 0.15) is 32.6 Å². The molecule has 0 unspecified atom stereocenters. The molecule has 0 aliphatic rings. The Bertz CT molecular complexity index is 521. The second-order valence-electron chi connectivity index (χ2n) is 4.45. The first-order chi connectivity index (χ1) is 8.06. The summed E-state index contributed by atoms with van der Waals surface area (Å²) < 4.78 is 4.02. The van der Waals surface area contributed by atoms with Crippen molar-refractivity contribution in [1.82, 2.24) is 19.1 Å². The lowest BCUT2D eigenvalue weighted by Gasteiger charge is -2.10. The monoisotopic (exact) mass is 233 g/mol. The van der Waals surface area contributed by atoms with Crippen LogP contribution in [0, 0.1) is 0 Å². The van der Waals surface area contributed by atoms with E-state index in [4.69, 9.17) is 5.73 Å². The average Bonchev–Trinajstić information content (AvgIpc) is 2.86. The summed E-state index contributed by atoms with van der Waals surface area (Å²) in [5.41, 5.74) is 7.91. The molecule has 0 bridgehead atoms. The molecule has 0 fully saturated rings. The third kappa shape index (κ3) is 1.81. The molecular formula is C12H19N5. The van der Waals surface area contributed by atoms with Crippen LogP contribution in [0.5, 0.6) is 0 Å². The van der Waals surface area contributed by atoms with Gasteiger partial charge in [-0.3, -0.25) is 0 Å². The van der Waals surface area contributed by atoms with Crippen molar-refractivity contribution in [1.29, 1.82) is 0 Å². The van der Waals surface area contributed by atoms with Gasteiger partial charge >= 0.3 is 0 Å². The van der Waals surface area contributed by atoms with Crippen molar-refractivity contribution in [2.75, 3.05) is 5.73 Å². The van der Waals surface area contributed by atoms with E-state index in [0.717, 1.165) is 23.6 Å². The van der Waals surface area contributed by atoms with Crippen molar-refractivity contribution in [2.45, 2.75) is 33.2 Å². The summed E-state index contributed by atoms with van der Waals surface area (Å²) in [7, 11) is 1.95. The molecule has 2 N–H and O–H groups in total. The van der Waals surface area contributed by atoms with Crippen molar-refractivity contribution >= 4 is 5.82 Å². The van der Waals surface area contributed by atoms with Crippen LogP contribution in [0.3, 0.4) is 0 Å². The predicted molar refractivity (Wildman–Crippen MR) is 68.6 cm³/mol. The fraction of sp³-hybridized carbons (Fsp3) is 0.500. The number of hydrogen-bond acceptors (Lipinski definition) is 3. The summed E-state index contributed by atoms with van der Waals surface area (Å²) in [4.78, 5) is 8.77. The van der Waals surface area contributed by atoms with Crippen LogP contribution < -0.4 is 5.73 Å². The first kappa shape index (κ1) is 11.7. The van der Waals surface area contributed by atoms with E-state index in [1.165, 1.54) is 0 Å². The molecule has 17 heavy (non-hydrogen) atoms. The van der Waals surface area contributed by atoms with Crippen molar-refractivity contribution in [2.24, 2.45) is 7.05 Å².